The lowest BCUT2D eigenvalue weighted by Gasteiger charge is -2.47. The molecular weight excluding hydrogens is 575 g/mol. The number of alkyl halides is 2. The van der Waals surface area contributed by atoms with Gasteiger partial charge in [-0.05, 0) is 62.1 Å². The quantitative estimate of drug-likeness (QED) is 0.184. The molecule has 1 aromatic heterocycles. The van der Waals surface area contributed by atoms with Crippen LogP contribution in [0.4, 0.5) is 8.78 Å². The number of halogens is 4. The highest BCUT2D eigenvalue weighted by Gasteiger charge is 2.58. The predicted octanol–water partition coefficient (Wildman–Crippen LogP) is 8.53. The van der Waals surface area contributed by atoms with Crippen LogP contribution in [0, 0.1) is 5.92 Å². The molecule has 0 spiro atoms. The number of hydrogen-bond acceptors (Lipinski definition) is 5. The molecule has 2 unspecified atom stereocenters. The first kappa shape index (κ1) is 29.4. The highest BCUT2D eigenvalue weighted by atomic mass is 35.5. The van der Waals surface area contributed by atoms with Crippen LogP contribution in [0.25, 0.3) is 0 Å². The summed E-state index contributed by atoms with van der Waals surface area (Å²) in [6.07, 6.45) is 2.34. The van der Waals surface area contributed by atoms with E-state index in [9.17, 15) is 18.7 Å². The van der Waals surface area contributed by atoms with Gasteiger partial charge < -0.3 is 19.3 Å². The second kappa shape index (κ2) is 10.6. The summed E-state index contributed by atoms with van der Waals surface area (Å²) < 4.78 is 43.1. The van der Waals surface area contributed by atoms with Crippen molar-refractivity contribution in [1.29, 1.82) is 0 Å². The summed E-state index contributed by atoms with van der Waals surface area (Å²) in [4.78, 5) is 17.7. The normalized spacial score (nSPS) is 17.0. The molecule has 3 heterocycles. The van der Waals surface area contributed by atoms with E-state index in [0.717, 1.165) is 24.8 Å². The minimum absolute atomic E-state index is 0.00996. The first-order chi connectivity index (χ1) is 19.3. The van der Waals surface area contributed by atoms with Crippen LogP contribution in [0.2, 0.25) is 10.0 Å². The molecule has 3 aliphatic rings. The standard InChI is InChI=1S/C31H31Cl2F2NO5/c1-15(2)14-16-6-10-18(11-7-16)30(3,28(37)38)31(4,22-23(32)26-36-27(41-26)24(22)33)19-12-13-20(40-29(34)35)21(17-8-9-17)25(19)39-5/h6-7,10-13,15,17,29H,8-9,14H2,1-5H3,(H,37,38). The van der Waals surface area contributed by atoms with Crippen molar-refractivity contribution in [3.05, 3.63) is 74.3 Å². The third kappa shape index (κ3) is 4.69. The number of methoxy groups -OCH3 is 1. The van der Waals surface area contributed by atoms with Gasteiger partial charge in [-0.2, -0.15) is 13.8 Å². The fourth-order valence-corrected chi connectivity index (χ4v) is 6.78. The Balaban J connectivity index is 1.84. The summed E-state index contributed by atoms with van der Waals surface area (Å²) in [5, 5.41) is 11.2. The van der Waals surface area contributed by atoms with E-state index in [4.69, 9.17) is 37.4 Å². The van der Waals surface area contributed by atoms with Crippen LogP contribution in [0.3, 0.4) is 0 Å². The van der Waals surface area contributed by atoms with E-state index in [1.54, 1.807) is 32.0 Å². The van der Waals surface area contributed by atoms with Crippen LogP contribution in [-0.2, 0) is 22.0 Å². The smallest absolute Gasteiger partial charge is 0.387 e. The molecule has 2 aliphatic heterocycles. The van der Waals surface area contributed by atoms with Crippen LogP contribution >= 0.6 is 23.2 Å². The molecule has 1 aliphatic carbocycles. The molecule has 218 valence electrons. The van der Waals surface area contributed by atoms with E-state index in [1.165, 1.54) is 13.2 Å². The maximum Gasteiger partial charge on any atom is 0.387 e. The van der Waals surface area contributed by atoms with Crippen molar-refractivity contribution >= 4 is 29.2 Å². The highest BCUT2D eigenvalue weighted by Crippen LogP contribution is 2.61. The van der Waals surface area contributed by atoms with Gasteiger partial charge in [0.2, 0.25) is 11.8 Å². The van der Waals surface area contributed by atoms with Crippen LogP contribution in [0.5, 0.6) is 23.3 Å². The molecule has 2 atom stereocenters. The molecule has 2 bridgehead atoms. The number of carboxylic acids is 1. The topological polar surface area (TPSA) is 77.9 Å². The SMILES string of the molecule is COc1c(C(C)(c2c(Cl)c3nc(c2Cl)O3)C(C)(C(=O)O)c2ccc(CC(C)C)cc2)ccc(OC(F)F)c1C1CC1. The fraction of sp³-hybridized carbons (Fsp3) is 0.419. The number of nitrogens with zero attached hydrogens (tertiary/aromatic N) is 1. The Labute approximate surface area is 247 Å². The van der Waals surface area contributed by atoms with E-state index in [2.05, 4.69) is 18.8 Å². The van der Waals surface area contributed by atoms with Crippen molar-refractivity contribution in [1.82, 2.24) is 4.98 Å². The van der Waals surface area contributed by atoms with E-state index in [-0.39, 0.29) is 39.2 Å². The highest BCUT2D eigenvalue weighted by molar-refractivity contribution is 6.38. The Morgan fingerprint density at radius 2 is 1.68 bits per heavy atom. The van der Waals surface area contributed by atoms with Gasteiger partial charge in [-0.3, -0.25) is 4.79 Å². The van der Waals surface area contributed by atoms with Crippen molar-refractivity contribution < 1.29 is 32.9 Å². The summed E-state index contributed by atoms with van der Waals surface area (Å²) in [7, 11) is 1.43. The molecule has 2 aromatic carbocycles. The Bertz CT molecular complexity index is 1480. The van der Waals surface area contributed by atoms with Crippen molar-refractivity contribution in [3.8, 4) is 23.3 Å². The molecule has 0 saturated heterocycles. The van der Waals surface area contributed by atoms with Gasteiger partial charge in [0, 0.05) is 22.1 Å². The summed E-state index contributed by atoms with van der Waals surface area (Å²) >= 11 is 13.7. The number of fused-ring (bicyclic) bond motifs is 2. The lowest BCUT2D eigenvalue weighted by molar-refractivity contribution is -0.145. The molecular formula is C31H31Cl2F2NO5. The average molecular weight is 606 g/mol. The van der Waals surface area contributed by atoms with Gasteiger partial charge in [-0.1, -0.05) is 67.4 Å². The zero-order valence-electron chi connectivity index (χ0n) is 23.4. The minimum Gasteiger partial charge on any atom is -0.496 e. The predicted molar refractivity (Wildman–Crippen MR) is 152 cm³/mol. The molecule has 3 aromatic rings. The molecule has 1 N–H and O–H groups in total. The van der Waals surface area contributed by atoms with Crippen molar-refractivity contribution in [2.45, 2.75) is 70.3 Å². The number of hydrogen-bond donors (Lipinski definition) is 1. The number of pyridine rings is 1. The van der Waals surface area contributed by atoms with E-state index >= 15 is 0 Å². The molecule has 6 rings (SSSR count). The fourth-order valence-electron chi connectivity index (χ4n) is 6.01. The molecule has 1 fully saturated rings. The van der Waals surface area contributed by atoms with Crippen molar-refractivity contribution in [2.75, 3.05) is 7.11 Å². The Hall–Kier alpha value is -3.10. The van der Waals surface area contributed by atoms with Crippen LogP contribution in [0.1, 0.15) is 74.3 Å². The molecule has 6 nitrogen and oxygen atoms in total. The second-order valence-electron chi connectivity index (χ2n) is 11.4. The van der Waals surface area contributed by atoms with Gasteiger partial charge in [-0.25, -0.2) is 0 Å². The number of aromatic nitrogens is 1. The van der Waals surface area contributed by atoms with Gasteiger partial charge in [0.1, 0.15) is 27.0 Å². The third-order valence-electron chi connectivity index (χ3n) is 8.41. The second-order valence-corrected chi connectivity index (χ2v) is 12.1. The van der Waals surface area contributed by atoms with E-state index in [0.29, 0.717) is 28.2 Å². The number of benzene rings is 2. The molecule has 1 saturated carbocycles. The Morgan fingerprint density at radius 1 is 1.10 bits per heavy atom. The van der Waals surface area contributed by atoms with Crippen LogP contribution in [0.15, 0.2) is 36.4 Å². The minimum atomic E-state index is -3.04. The molecule has 10 heteroatoms. The number of carboxylic acid groups (broad SMARTS) is 1. The number of aliphatic carboxylic acids is 1. The maximum atomic E-state index is 13.5. The summed E-state index contributed by atoms with van der Waals surface area (Å²) in [6.45, 7) is 4.53. The first-order valence-electron chi connectivity index (χ1n) is 13.4. The maximum absolute atomic E-state index is 13.5. The van der Waals surface area contributed by atoms with Gasteiger partial charge in [0.25, 0.3) is 0 Å². The number of rotatable bonds is 11. The van der Waals surface area contributed by atoms with Crippen LogP contribution in [-0.4, -0.2) is 29.8 Å². The van der Waals surface area contributed by atoms with E-state index in [1.807, 2.05) is 12.1 Å². The first-order valence-corrected chi connectivity index (χ1v) is 14.2. The van der Waals surface area contributed by atoms with Gasteiger partial charge in [-0.15, -0.1) is 0 Å². The van der Waals surface area contributed by atoms with Crippen molar-refractivity contribution in [2.24, 2.45) is 5.92 Å². The summed E-state index contributed by atoms with van der Waals surface area (Å²) in [6, 6.07) is 10.5. The Kier molecular flexibility index (Phi) is 7.62. The van der Waals surface area contributed by atoms with Gasteiger partial charge in [0.15, 0.2) is 0 Å². The summed E-state index contributed by atoms with van der Waals surface area (Å²) in [5.41, 5.74) is -0.466. The third-order valence-corrected chi connectivity index (χ3v) is 9.12. The largest absolute Gasteiger partial charge is 0.496 e. The zero-order valence-corrected chi connectivity index (χ0v) is 24.9. The van der Waals surface area contributed by atoms with Crippen molar-refractivity contribution in [3.63, 3.8) is 0 Å². The molecule has 0 radical (unpaired) electrons. The zero-order chi connectivity index (χ0) is 29.9. The lowest BCUT2D eigenvalue weighted by atomic mass is 9.55. The van der Waals surface area contributed by atoms with Crippen LogP contribution < -0.4 is 14.2 Å². The monoisotopic (exact) mass is 605 g/mol. The van der Waals surface area contributed by atoms with E-state index < -0.39 is 23.4 Å². The lowest BCUT2D eigenvalue weighted by Crippen LogP contribution is -2.52. The molecule has 0 amide bonds. The van der Waals surface area contributed by atoms with Gasteiger partial charge >= 0.3 is 12.6 Å². The molecule has 41 heavy (non-hydrogen) atoms. The number of carbonyl (C=O) groups is 1. The van der Waals surface area contributed by atoms with Gasteiger partial charge in [0.05, 0.1) is 7.11 Å². The average Bonchev–Trinajstić information content (AvgIpc) is 3.71. The summed E-state index contributed by atoms with van der Waals surface area (Å²) in [5.74, 6) is -0.305. The number of ether oxygens (including phenoxy) is 3. The Morgan fingerprint density at radius 3 is 2.15 bits per heavy atom.